The summed E-state index contributed by atoms with van der Waals surface area (Å²) >= 11 is 5.56. The van der Waals surface area contributed by atoms with Gasteiger partial charge in [-0.1, -0.05) is 84.3 Å². The van der Waals surface area contributed by atoms with Crippen LogP contribution in [-0.2, 0) is 20.3 Å². The van der Waals surface area contributed by atoms with Crippen LogP contribution < -0.4 is 7.80 Å². The molecule has 0 spiro atoms. The van der Waals surface area contributed by atoms with Gasteiger partial charge >= 0.3 is 0 Å². The molecule has 1 amide bonds. The van der Waals surface area contributed by atoms with E-state index >= 15 is 0 Å². The van der Waals surface area contributed by atoms with Crippen molar-refractivity contribution in [2.45, 2.75) is 106 Å². The molecule has 9 heteroatoms. The van der Waals surface area contributed by atoms with E-state index in [1.54, 1.807) is 0 Å². The maximum atomic E-state index is 13.0. The highest BCUT2D eigenvalue weighted by molar-refractivity contribution is 14.2. The minimum absolute atomic E-state index is 0.0302. The lowest BCUT2D eigenvalue weighted by atomic mass is 9.93. The first-order valence-corrected chi connectivity index (χ1v) is 22.0. The number of hydrogen-bond donors (Lipinski definition) is 0. The molecule has 2 heterocycles. The van der Waals surface area contributed by atoms with E-state index in [2.05, 4.69) is 93.8 Å². The fourth-order valence-corrected chi connectivity index (χ4v) is 9.62. The summed E-state index contributed by atoms with van der Waals surface area (Å²) in [6, 6.07) is 18.9. The Bertz CT molecular complexity index is 1570. The van der Waals surface area contributed by atoms with Crippen LogP contribution in [0.3, 0.4) is 0 Å². The normalized spacial score (nSPS) is 20.0. The van der Waals surface area contributed by atoms with Crippen LogP contribution in [0.4, 0.5) is 0 Å². The standard InChI is InChI=1S/C39H50ClINO5P.C2H6/c1-25(2)29(7)39(43)42-16-9-12-33(42)23-41-46-38-14-13-30(20-35(38)26(3)4)21-36-27(5)18-34(19-28(36)6)44-24-48-45-17-15-37(47-48)31-10-8-11-32(40)22-31;1-2/h8,10-11,13-14,18-20,22-23,25-26,29,33,37H,9,12,15-17,21,24H2,1-7H3;1-2H3. The molecule has 0 aliphatic carbocycles. The SMILES string of the molecule is CC.Cc1cc(OCP2OCCC(c3cccc(Cl)c3)O2)cc(C)c1Cc1ccc(OI=CC2CCCN2C(=O)C(C)C(C)C)c(C(C)C)c1. The molecule has 3 aromatic rings. The Balaban J connectivity index is 0.00000276. The van der Waals surface area contributed by atoms with E-state index in [1.165, 1.54) is 27.8 Å². The Morgan fingerprint density at radius 1 is 1.04 bits per heavy atom. The zero-order chi connectivity index (χ0) is 36.4. The van der Waals surface area contributed by atoms with Crippen molar-refractivity contribution in [2.75, 3.05) is 19.5 Å². The number of hydrogen-bond acceptors (Lipinski definition) is 5. The summed E-state index contributed by atoms with van der Waals surface area (Å²) in [6.45, 7) is 20.6. The number of ether oxygens (including phenoxy) is 1. The van der Waals surface area contributed by atoms with E-state index in [0.29, 0.717) is 29.8 Å². The topological polar surface area (TPSA) is 57.2 Å². The summed E-state index contributed by atoms with van der Waals surface area (Å²) in [6.07, 6.45) is 4.09. The molecule has 2 saturated heterocycles. The quantitative estimate of drug-likeness (QED) is 0.134. The van der Waals surface area contributed by atoms with Gasteiger partial charge in [0.25, 0.3) is 0 Å². The second kappa shape index (κ2) is 19.7. The fourth-order valence-electron chi connectivity index (χ4n) is 6.24. The Morgan fingerprint density at radius 2 is 1.78 bits per heavy atom. The van der Waals surface area contributed by atoms with Crippen LogP contribution in [0.25, 0.3) is 0 Å². The van der Waals surface area contributed by atoms with Crippen molar-refractivity contribution in [1.82, 2.24) is 4.90 Å². The third-order valence-corrected chi connectivity index (χ3v) is 12.8. The third-order valence-electron chi connectivity index (χ3n) is 9.46. The Kier molecular flexibility index (Phi) is 16.1. The monoisotopic (exact) mass is 835 g/mol. The van der Waals surface area contributed by atoms with Gasteiger partial charge in [-0.25, -0.2) is 0 Å². The first-order chi connectivity index (χ1) is 24.0. The van der Waals surface area contributed by atoms with E-state index in [1.807, 2.05) is 32.0 Å². The van der Waals surface area contributed by atoms with Gasteiger partial charge in [-0.2, -0.15) is 0 Å². The second-order valence-corrected chi connectivity index (χ2v) is 17.2. The summed E-state index contributed by atoms with van der Waals surface area (Å²) < 4.78 is 27.1. The van der Waals surface area contributed by atoms with Gasteiger partial charge in [0.2, 0.25) is 14.3 Å². The lowest BCUT2D eigenvalue weighted by Gasteiger charge is -2.29. The van der Waals surface area contributed by atoms with Crippen LogP contribution in [0, 0.1) is 25.7 Å². The summed E-state index contributed by atoms with van der Waals surface area (Å²) in [7, 11) is -1.16. The van der Waals surface area contributed by atoms with Crippen molar-refractivity contribution in [2.24, 2.45) is 11.8 Å². The lowest BCUT2D eigenvalue weighted by molar-refractivity contribution is -0.136. The average molecular weight is 836 g/mol. The number of carbonyl (C=O) groups is 1. The lowest BCUT2D eigenvalue weighted by Crippen LogP contribution is -2.40. The average Bonchev–Trinajstić information content (AvgIpc) is 3.58. The van der Waals surface area contributed by atoms with Crippen LogP contribution in [0.2, 0.25) is 5.02 Å². The summed E-state index contributed by atoms with van der Waals surface area (Å²) in [5.74, 6) is 2.82. The minimum atomic E-state index is -1.16. The molecule has 0 radical (unpaired) electrons. The van der Waals surface area contributed by atoms with E-state index in [0.717, 1.165) is 49.3 Å². The Hall–Kier alpha value is -2.03. The summed E-state index contributed by atoms with van der Waals surface area (Å²) in [4.78, 5) is 15.1. The number of aryl methyl sites for hydroxylation is 2. The maximum absolute atomic E-state index is 13.0. The van der Waals surface area contributed by atoms with Gasteiger partial charge in [0.05, 0.1) is 18.8 Å². The molecule has 3 aromatic carbocycles. The van der Waals surface area contributed by atoms with Crippen molar-refractivity contribution in [3.8, 4) is 11.5 Å². The molecular formula is C41H56ClINO5P. The van der Waals surface area contributed by atoms with E-state index in [4.69, 9.17) is 28.5 Å². The largest absolute Gasteiger partial charge is 0.484 e. The predicted molar refractivity (Wildman–Crippen MR) is 218 cm³/mol. The highest BCUT2D eigenvalue weighted by Gasteiger charge is 2.31. The zero-order valence-electron chi connectivity index (χ0n) is 31.3. The molecule has 6 nitrogen and oxygen atoms in total. The Morgan fingerprint density at radius 3 is 2.46 bits per heavy atom. The minimum Gasteiger partial charge on any atom is -0.484 e. The maximum Gasteiger partial charge on any atom is 0.226 e. The van der Waals surface area contributed by atoms with E-state index in [9.17, 15) is 4.79 Å². The number of nitrogens with zero attached hydrogens (tertiary/aromatic N) is 1. The van der Waals surface area contributed by atoms with Gasteiger partial charge < -0.3 is 21.8 Å². The number of rotatable bonds is 12. The van der Waals surface area contributed by atoms with E-state index < -0.39 is 29.5 Å². The van der Waals surface area contributed by atoms with Crippen LogP contribution >= 0.6 is 41.1 Å². The van der Waals surface area contributed by atoms with Crippen molar-refractivity contribution >= 4 is 51.0 Å². The van der Waals surface area contributed by atoms with Crippen molar-refractivity contribution in [1.29, 1.82) is 0 Å². The van der Waals surface area contributed by atoms with Crippen molar-refractivity contribution in [3.63, 3.8) is 0 Å². The van der Waals surface area contributed by atoms with Crippen LogP contribution in [0.1, 0.15) is 113 Å². The highest BCUT2D eigenvalue weighted by Crippen LogP contribution is 2.49. The molecule has 50 heavy (non-hydrogen) atoms. The predicted octanol–water partition coefficient (Wildman–Crippen LogP) is 11.9. The van der Waals surface area contributed by atoms with Gasteiger partial charge in [0.1, 0.15) is 32.6 Å². The van der Waals surface area contributed by atoms with Gasteiger partial charge in [0.15, 0.2) is 6.35 Å². The number of benzene rings is 3. The number of likely N-dealkylation sites (tertiary alicyclic amines) is 1. The molecule has 2 fully saturated rings. The molecule has 5 rings (SSSR count). The molecular weight excluding hydrogens is 780 g/mol. The van der Waals surface area contributed by atoms with Gasteiger partial charge in [0, 0.05) is 27.9 Å². The molecule has 274 valence electrons. The van der Waals surface area contributed by atoms with Crippen LogP contribution in [-0.4, -0.2) is 40.4 Å². The molecule has 4 unspecified atom stereocenters. The van der Waals surface area contributed by atoms with E-state index in [-0.39, 0.29) is 24.0 Å². The number of amides is 1. The van der Waals surface area contributed by atoms with Crippen LogP contribution in [0.5, 0.6) is 11.5 Å². The first kappa shape index (κ1) is 40.7. The van der Waals surface area contributed by atoms with Gasteiger partial charge in [-0.15, -0.1) is 0 Å². The number of halogens is 2. The second-order valence-electron chi connectivity index (χ2n) is 13.7. The fraction of sp³-hybridized carbons (Fsp3) is 0.512. The smallest absolute Gasteiger partial charge is 0.226 e. The van der Waals surface area contributed by atoms with Crippen molar-refractivity contribution in [3.05, 3.63) is 93.0 Å². The molecule has 0 bridgehead atoms. The third kappa shape index (κ3) is 11.0. The van der Waals surface area contributed by atoms with Crippen molar-refractivity contribution < 1.29 is 21.6 Å². The first-order valence-electron chi connectivity index (χ1n) is 18.1. The summed E-state index contributed by atoms with van der Waals surface area (Å²) in [5, 5.41) is 0.715. The molecule has 0 aromatic heterocycles. The highest BCUT2D eigenvalue weighted by atomic mass is 127. The molecule has 0 saturated carbocycles. The van der Waals surface area contributed by atoms with Crippen LogP contribution in [0.15, 0.2) is 54.6 Å². The number of carbonyl (C=O) groups excluding carboxylic acids is 1. The molecule has 4 atom stereocenters. The summed E-state index contributed by atoms with van der Waals surface area (Å²) in [5.41, 5.74) is 7.29. The van der Waals surface area contributed by atoms with Gasteiger partial charge in [-0.3, -0.25) is 4.79 Å². The molecule has 2 aliphatic rings. The molecule has 0 N–H and O–H groups in total. The van der Waals surface area contributed by atoms with Gasteiger partial charge in [-0.05, 0) is 109 Å². The zero-order valence-corrected chi connectivity index (χ0v) is 35.1. The Labute approximate surface area is 317 Å². The molecule has 2 aliphatic heterocycles.